The van der Waals surface area contributed by atoms with Crippen molar-refractivity contribution in [3.8, 4) is 0 Å². The predicted octanol–water partition coefficient (Wildman–Crippen LogP) is 2.43. The third kappa shape index (κ3) is 5.55. The molecule has 2 aromatic rings. The van der Waals surface area contributed by atoms with E-state index in [1.807, 2.05) is 32.9 Å². The van der Waals surface area contributed by atoms with Crippen molar-refractivity contribution in [3.63, 3.8) is 0 Å². The summed E-state index contributed by atoms with van der Waals surface area (Å²) >= 11 is 0. The third-order valence-corrected chi connectivity index (χ3v) is 6.02. The molecular formula is C20H27N3O3S. The van der Waals surface area contributed by atoms with Crippen molar-refractivity contribution in [3.05, 3.63) is 60.2 Å². The Morgan fingerprint density at radius 1 is 1.07 bits per heavy atom. The average Bonchev–Trinajstić information content (AvgIpc) is 2.63. The van der Waals surface area contributed by atoms with Crippen LogP contribution >= 0.6 is 0 Å². The van der Waals surface area contributed by atoms with Crippen LogP contribution in [0.5, 0.6) is 0 Å². The van der Waals surface area contributed by atoms with Crippen molar-refractivity contribution in [1.82, 2.24) is 5.32 Å². The molecule has 0 unspecified atom stereocenters. The number of nitrogens with zero attached hydrogens (tertiary/aromatic N) is 1. The number of carbonyl (C=O) groups is 1. The van der Waals surface area contributed by atoms with Crippen LogP contribution in [0.25, 0.3) is 0 Å². The number of benzene rings is 2. The van der Waals surface area contributed by atoms with Crippen LogP contribution in [0.3, 0.4) is 0 Å². The van der Waals surface area contributed by atoms with Crippen LogP contribution in [0, 0.1) is 6.92 Å². The summed E-state index contributed by atoms with van der Waals surface area (Å²) in [5.74, 6) is -0.245. The maximum Gasteiger partial charge on any atom is 0.264 e. The van der Waals surface area contributed by atoms with Gasteiger partial charge in [0.25, 0.3) is 10.0 Å². The molecule has 0 spiro atoms. The van der Waals surface area contributed by atoms with Crippen molar-refractivity contribution in [1.29, 1.82) is 0 Å². The first-order valence-corrected chi connectivity index (χ1v) is 10.3. The molecule has 3 N–H and O–H groups in total. The maximum atomic E-state index is 13.1. The molecule has 0 fully saturated rings. The van der Waals surface area contributed by atoms with E-state index < -0.39 is 15.6 Å². The Labute approximate surface area is 161 Å². The molecule has 0 aromatic heterocycles. The highest BCUT2D eigenvalue weighted by Gasteiger charge is 2.26. The molecule has 0 saturated carbocycles. The van der Waals surface area contributed by atoms with E-state index in [1.165, 1.54) is 4.31 Å². The highest BCUT2D eigenvalue weighted by Crippen LogP contribution is 2.24. The van der Waals surface area contributed by atoms with Crippen LogP contribution < -0.4 is 15.4 Å². The number of sulfonamides is 1. The van der Waals surface area contributed by atoms with Gasteiger partial charge in [0.2, 0.25) is 5.91 Å². The summed E-state index contributed by atoms with van der Waals surface area (Å²) in [6.45, 7) is 5.91. The number of rotatable bonds is 8. The van der Waals surface area contributed by atoms with Gasteiger partial charge >= 0.3 is 0 Å². The van der Waals surface area contributed by atoms with Crippen LogP contribution in [0.1, 0.15) is 25.8 Å². The van der Waals surface area contributed by atoms with Crippen molar-refractivity contribution in [2.45, 2.75) is 37.6 Å². The number of amides is 1. The normalized spacial score (nSPS) is 11.9. The molecule has 2 aromatic carbocycles. The fraction of sp³-hybridized carbons (Fsp3) is 0.350. The second-order valence-electron chi connectivity index (χ2n) is 7.11. The van der Waals surface area contributed by atoms with Gasteiger partial charge in [-0.2, -0.15) is 0 Å². The summed E-state index contributed by atoms with van der Waals surface area (Å²) in [6.07, 6.45) is 0.0311. The van der Waals surface area contributed by atoms with Crippen LogP contribution in [0.2, 0.25) is 0 Å². The zero-order chi connectivity index (χ0) is 20.1. The minimum absolute atomic E-state index is 0.0311. The zero-order valence-electron chi connectivity index (χ0n) is 16.0. The highest BCUT2D eigenvalue weighted by molar-refractivity contribution is 7.92. The van der Waals surface area contributed by atoms with E-state index in [2.05, 4.69) is 5.32 Å². The van der Waals surface area contributed by atoms with Gasteiger partial charge in [-0.25, -0.2) is 8.42 Å². The molecule has 0 aliphatic rings. The van der Waals surface area contributed by atoms with Gasteiger partial charge < -0.3 is 11.1 Å². The van der Waals surface area contributed by atoms with E-state index in [0.29, 0.717) is 12.2 Å². The minimum atomic E-state index is -3.78. The average molecular weight is 390 g/mol. The lowest BCUT2D eigenvalue weighted by molar-refractivity contribution is -0.122. The lowest BCUT2D eigenvalue weighted by atomic mass is 10.1. The molecule has 146 valence electrons. The molecular weight excluding hydrogens is 362 g/mol. The molecule has 1 amide bonds. The fourth-order valence-corrected chi connectivity index (χ4v) is 4.00. The lowest BCUT2D eigenvalue weighted by Crippen LogP contribution is -2.49. The Hall–Kier alpha value is -2.38. The Kier molecular flexibility index (Phi) is 6.62. The van der Waals surface area contributed by atoms with Crippen LogP contribution in [-0.2, 0) is 14.8 Å². The van der Waals surface area contributed by atoms with E-state index in [9.17, 15) is 13.2 Å². The summed E-state index contributed by atoms with van der Waals surface area (Å²) in [5, 5.41) is 2.83. The second-order valence-corrected chi connectivity index (χ2v) is 8.97. The minimum Gasteiger partial charge on any atom is -0.350 e. The fourth-order valence-electron chi connectivity index (χ4n) is 2.51. The number of hydrogen-bond acceptors (Lipinski definition) is 4. The molecule has 2 rings (SSSR count). The number of aryl methyl sites for hydroxylation is 1. The number of carbonyl (C=O) groups excluding carboxylic acids is 1. The van der Waals surface area contributed by atoms with Gasteiger partial charge in [-0.3, -0.25) is 9.10 Å². The molecule has 27 heavy (non-hydrogen) atoms. The molecule has 7 heteroatoms. The number of nitrogens with one attached hydrogen (secondary N) is 1. The summed E-state index contributed by atoms with van der Waals surface area (Å²) < 4.78 is 27.6. The van der Waals surface area contributed by atoms with Crippen LogP contribution in [0.15, 0.2) is 59.5 Å². The standard InChI is InChI=1S/C20H27N3O3S/c1-16-9-11-17(12-10-16)23(14-13-19(24)22-20(2,3)15-21)27(25,26)18-7-5-4-6-8-18/h4-12H,13-15,21H2,1-3H3,(H,22,24). The van der Waals surface area contributed by atoms with Gasteiger partial charge in [-0.05, 0) is 45.0 Å². The topological polar surface area (TPSA) is 92.5 Å². The first kappa shape index (κ1) is 20.9. The van der Waals surface area contributed by atoms with Gasteiger partial charge in [0.05, 0.1) is 10.6 Å². The number of hydrogen-bond donors (Lipinski definition) is 2. The first-order valence-electron chi connectivity index (χ1n) is 8.81. The largest absolute Gasteiger partial charge is 0.350 e. The lowest BCUT2D eigenvalue weighted by Gasteiger charge is -2.27. The van der Waals surface area contributed by atoms with Crippen molar-refractivity contribution >= 4 is 21.6 Å². The summed E-state index contributed by atoms with van der Waals surface area (Å²) in [7, 11) is -3.78. The van der Waals surface area contributed by atoms with Crippen molar-refractivity contribution in [2.24, 2.45) is 5.73 Å². The molecule has 6 nitrogen and oxygen atoms in total. The first-order chi connectivity index (χ1) is 12.7. The van der Waals surface area contributed by atoms with Gasteiger partial charge in [0, 0.05) is 25.0 Å². The van der Waals surface area contributed by atoms with Crippen LogP contribution in [0.4, 0.5) is 5.69 Å². The van der Waals surface area contributed by atoms with Gasteiger partial charge in [-0.15, -0.1) is 0 Å². The Morgan fingerprint density at radius 2 is 1.67 bits per heavy atom. The molecule has 0 heterocycles. The Balaban J connectivity index is 2.29. The zero-order valence-corrected chi connectivity index (χ0v) is 16.8. The smallest absolute Gasteiger partial charge is 0.264 e. The summed E-state index contributed by atoms with van der Waals surface area (Å²) in [5.41, 5.74) is 6.65. The maximum absolute atomic E-state index is 13.1. The Morgan fingerprint density at radius 3 is 2.22 bits per heavy atom. The molecule has 0 aliphatic carbocycles. The van der Waals surface area contributed by atoms with Crippen molar-refractivity contribution in [2.75, 3.05) is 17.4 Å². The van der Waals surface area contributed by atoms with Crippen molar-refractivity contribution < 1.29 is 13.2 Å². The molecule has 0 aliphatic heterocycles. The molecule has 0 saturated heterocycles. The van der Waals surface area contributed by atoms with E-state index in [1.54, 1.807) is 42.5 Å². The summed E-state index contributed by atoms with van der Waals surface area (Å²) in [6, 6.07) is 15.4. The molecule has 0 radical (unpaired) electrons. The number of anilines is 1. The highest BCUT2D eigenvalue weighted by atomic mass is 32.2. The monoisotopic (exact) mass is 389 g/mol. The molecule has 0 atom stereocenters. The number of nitrogens with two attached hydrogens (primary N) is 1. The van der Waals surface area contributed by atoms with E-state index in [-0.39, 0.29) is 23.8 Å². The van der Waals surface area contributed by atoms with E-state index in [4.69, 9.17) is 5.73 Å². The third-order valence-electron chi connectivity index (χ3n) is 4.18. The van der Waals surface area contributed by atoms with Gasteiger partial charge in [-0.1, -0.05) is 35.9 Å². The van der Waals surface area contributed by atoms with Gasteiger partial charge in [0.15, 0.2) is 0 Å². The molecule has 0 bridgehead atoms. The summed E-state index contributed by atoms with van der Waals surface area (Å²) in [4.78, 5) is 12.5. The van der Waals surface area contributed by atoms with Gasteiger partial charge in [0.1, 0.15) is 0 Å². The SMILES string of the molecule is Cc1ccc(N(CCC(=O)NC(C)(C)CN)S(=O)(=O)c2ccccc2)cc1. The Bertz CT molecular complexity index is 863. The second kappa shape index (κ2) is 8.54. The van der Waals surface area contributed by atoms with E-state index >= 15 is 0 Å². The van der Waals surface area contributed by atoms with E-state index in [0.717, 1.165) is 5.56 Å². The predicted molar refractivity (Wildman–Crippen MR) is 108 cm³/mol. The van der Waals surface area contributed by atoms with Crippen LogP contribution in [-0.4, -0.2) is 33.0 Å². The quantitative estimate of drug-likeness (QED) is 0.725.